The molecule has 0 spiro atoms. The van der Waals surface area contributed by atoms with Crippen molar-refractivity contribution in [3.05, 3.63) is 69.7 Å². The molecule has 2 amide bonds. The lowest BCUT2D eigenvalue weighted by Crippen LogP contribution is -2.44. The van der Waals surface area contributed by atoms with E-state index in [-0.39, 0.29) is 18.2 Å². The number of halogens is 2. The molecular formula is C23H26Cl2N2O2. The molecule has 1 atom stereocenters. The van der Waals surface area contributed by atoms with Gasteiger partial charge in [0.05, 0.1) is 6.10 Å². The van der Waals surface area contributed by atoms with Gasteiger partial charge in [0.15, 0.2) is 0 Å². The highest BCUT2D eigenvalue weighted by atomic mass is 35.5. The van der Waals surface area contributed by atoms with Gasteiger partial charge < -0.3 is 14.5 Å². The number of nitrogens with zero attached hydrogens (tertiary/aromatic N) is 2. The zero-order valence-electron chi connectivity index (χ0n) is 16.4. The zero-order valence-corrected chi connectivity index (χ0v) is 17.9. The summed E-state index contributed by atoms with van der Waals surface area (Å²) in [6, 6.07) is 15.6. The van der Waals surface area contributed by atoms with Gasteiger partial charge in [0.1, 0.15) is 6.10 Å². The molecule has 0 N–H and O–H groups in total. The average molecular weight is 433 g/mol. The number of carbonyl (C=O) groups is 1. The Morgan fingerprint density at radius 1 is 0.828 bits per heavy atom. The summed E-state index contributed by atoms with van der Waals surface area (Å²) >= 11 is 12.1. The summed E-state index contributed by atoms with van der Waals surface area (Å²) in [7, 11) is 0. The lowest BCUT2D eigenvalue weighted by atomic mass is 10.0. The fourth-order valence-corrected chi connectivity index (χ4v) is 4.37. The van der Waals surface area contributed by atoms with Gasteiger partial charge in [0.25, 0.3) is 0 Å². The molecule has 2 fully saturated rings. The molecule has 2 aromatic rings. The van der Waals surface area contributed by atoms with Gasteiger partial charge in [-0.25, -0.2) is 4.79 Å². The van der Waals surface area contributed by atoms with Crippen molar-refractivity contribution in [2.24, 2.45) is 0 Å². The summed E-state index contributed by atoms with van der Waals surface area (Å²) in [5.74, 6) is 0. The first kappa shape index (κ1) is 20.5. The maximum Gasteiger partial charge on any atom is 0.320 e. The zero-order chi connectivity index (χ0) is 20.2. The third kappa shape index (κ3) is 5.06. The van der Waals surface area contributed by atoms with Crippen molar-refractivity contribution in [1.29, 1.82) is 0 Å². The van der Waals surface area contributed by atoms with Gasteiger partial charge in [-0.3, -0.25) is 0 Å². The number of piperidine rings is 1. The smallest absolute Gasteiger partial charge is 0.320 e. The minimum atomic E-state index is -0.223. The maximum absolute atomic E-state index is 12.8. The topological polar surface area (TPSA) is 32.8 Å². The second kappa shape index (κ2) is 9.38. The number of amides is 2. The van der Waals surface area contributed by atoms with E-state index < -0.39 is 0 Å². The normalized spacial score (nSPS) is 19.8. The molecule has 6 heteroatoms. The van der Waals surface area contributed by atoms with Crippen LogP contribution in [0.15, 0.2) is 48.5 Å². The molecule has 4 nitrogen and oxygen atoms in total. The van der Waals surface area contributed by atoms with Gasteiger partial charge in [-0.1, -0.05) is 47.5 Å². The van der Waals surface area contributed by atoms with Crippen LogP contribution in [0.2, 0.25) is 10.0 Å². The quantitative estimate of drug-likeness (QED) is 0.613. The van der Waals surface area contributed by atoms with Gasteiger partial charge >= 0.3 is 6.03 Å². The van der Waals surface area contributed by atoms with Crippen LogP contribution in [0.5, 0.6) is 0 Å². The monoisotopic (exact) mass is 432 g/mol. The number of likely N-dealkylation sites (tertiary alicyclic amines) is 2. The van der Waals surface area contributed by atoms with E-state index in [0.29, 0.717) is 16.6 Å². The molecule has 2 aromatic carbocycles. The van der Waals surface area contributed by atoms with Gasteiger partial charge in [-0.15, -0.1) is 0 Å². The first-order valence-electron chi connectivity index (χ1n) is 10.3. The Balaban J connectivity index is 1.47. The molecule has 2 aliphatic rings. The highest BCUT2D eigenvalue weighted by Crippen LogP contribution is 2.31. The standard InChI is InChI=1S/C23H26Cl2N2O2/c24-19-8-4-17(5-9-19)22(18-6-10-20(25)11-7-18)29-21-12-15-27(16-21)23(28)26-13-2-1-3-14-26/h4-11,21-22H,1-3,12-16H2/t21-/m1/s1. The van der Waals surface area contributed by atoms with Crippen molar-refractivity contribution in [3.63, 3.8) is 0 Å². The number of benzene rings is 2. The predicted octanol–water partition coefficient (Wildman–Crippen LogP) is 5.78. The van der Waals surface area contributed by atoms with Gasteiger partial charge in [0, 0.05) is 36.2 Å². The number of urea groups is 1. The molecule has 0 bridgehead atoms. The van der Waals surface area contributed by atoms with Crippen LogP contribution in [0, 0.1) is 0 Å². The molecule has 0 aromatic heterocycles. The Morgan fingerprint density at radius 2 is 1.38 bits per heavy atom. The molecule has 0 radical (unpaired) electrons. The summed E-state index contributed by atoms with van der Waals surface area (Å²) < 4.78 is 6.53. The van der Waals surface area contributed by atoms with Gasteiger partial charge in [-0.05, 0) is 61.1 Å². The second-order valence-electron chi connectivity index (χ2n) is 7.81. The average Bonchev–Trinajstić information content (AvgIpc) is 3.22. The van der Waals surface area contributed by atoms with Crippen molar-refractivity contribution in [2.45, 2.75) is 37.9 Å². The summed E-state index contributed by atoms with van der Waals surface area (Å²) in [6.07, 6.45) is 4.06. The van der Waals surface area contributed by atoms with Crippen molar-refractivity contribution >= 4 is 29.2 Å². The molecular weight excluding hydrogens is 407 g/mol. The first-order chi connectivity index (χ1) is 14.1. The maximum atomic E-state index is 12.8. The summed E-state index contributed by atoms with van der Waals surface area (Å²) in [6.45, 7) is 3.12. The second-order valence-corrected chi connectivity index (χ2v) is 8.68. The minimum absolute atomic E-state index is 0.0000895. The van der Waals surface area contributed by atoms with E-state index in [9.17, 15) is 4.79 Å². The summed E-state index contributed by atoms with van der Waals surface area (Å²) in [5, 5.41) is 1.39. The van der Waals surface area contributed by atoms with Crippen molar-refractivity contribution in [3.8, 4) is 0 Å². The van der Waals surface area contributed by atoms with Crippen LogP contribution in [0.1, 0.15) is 42.9 Å². The van der Waals surface area contributed by atoms with Crippen LogP contribution < -0.4 is 0 Å². The highest BCUT2D eigenvalue weighted by Gasteiger charge is 2.32. The largest absolute Gasteiger partial charge is 0.364 e. The fourth-order valence-electron chi connectivity index (χ4n) is 4.12. The molecule has 29 heavy (non-hydrogen) atoms. The molecule has 2 saturated heterocycles. The van der Waals surface area contributed by atoms with Crippen LogP contribution >= 0.6 is 23.2 Å². The van der Waals surface area contributed by atoms with Crippen LogP contribution in [0.3, 0.4) is 0 Å². The third-order valence-electron chi connectivity index (χ3n) is 5.72. The number of ether oxygens (including phenoxy) is 1. The lowest BCUT2D eigenvalue weighted by molar-refractivity contribution is 0.0150. The van der Waals surface area contributed by atoms with E-state index in [4.69, 9.17) is 27.9 Å². The Hall–Kier alpha value is -1.75. The van der Waals surface area contributed by atoms with Crippen molar-refractivity contribution < 1.29 is 9.53 Å². The van der Waals surface area contributed by atoms with Crippen molar-refractivity contribution in [1.82, 2.24) is 9.80 Å². The Morgan fingerprint density at radius 3 is 1.93 bits per heavy atom. The number of hydrogen-bond donors (Lipinski definition) is 0. The highest BCUT2D eigenvalue weighted by molar-refractivity contribution is 6.30. The Bertz CT molecular complexity index is 774. The predicted molar refractivity (Wildman–Crippen MR) is 117 cm³/mol. The van der Waals surface area contributed by atoms with Crippen LogP contribution in [0.4, 0.5) is 4.79 Å². The molecule has 0 saturated carbocycles. The van der Waals surface area contributed by atoms with Gasteiger partial charge in [0.2, 0.25) is 0 Å². The molecule has 0 aliphatic carbocycles. The van der Waals surface area contributed by atoms with E-state index in [1.54, 1.807) is 0 Å². The van der Waals surface area contributed by atoms with E-state index in [2.05, 4.69) is 0 Å². The molecule has 0 unspecified atom stereocenters. The molecule has 2 aliphatic heterocycles. The first-order valence-corrected chi connectivity index (χ1v) is 11.1. The third-order valence-corrected chi connectivity index (χ3v) is 6.22. The summed E-state index contributed by atoms with van der Waals surface area (Å²) in [5.41, 5.74) is 2.08. The van der Waals surface area contributed by atoms with Crippen LogP contribution in [-0.2, 0) is 4.74 Å². The lowest BCUT2D eigenvalue weighted by Gasteiger charge is -2.31. The van der Waals surface area contributed by atoms with E-state index >= 15 is 0 Å². The molecule has 4 rings (SSSR count). The Labute approximate surface area is 182 Å². The van der Waals surface area contributed by atoms with E-state index in [0.717, 1.165) is 50.0 Å². The van der Waals surface area contributed by atoms with Crippen LogP contribution in [0.25, 0.3) is 0 Å². The van der Waals surface area contributed by atoms with Crippen LogP contribution in [-0.4, -0.2) is 48.1 Å². The number of rotatable bonds is 4. The van der Waals surface area contributed by atoms with E-state index in [1.807, 2.05) is 58.3 Å². The SMILES string of the molecule is O=C(N1CCCCC1)N1CC[C@@H](OC(c2ccc(Cl)cc2)c2ccc(Cl)cc2)C1. The molecule has 2 heterocycles. The molecule has 154 valence electrons. The van der Waals surface area contributed by atoms with E-state index in [1.165, 1.54) is 6.42 Å². The van der Waals surface area contributed by atoms with Gasteiger partial charge in [-0.2, -0.15) is 0 Å². The number of carbonyl (C=O) groups excluding carboxylic acids is 1. The van der Waals surface area contributed by atoms with Crippen molar-refractivity contribution in [2.75, 3.05) is 26.2 Å². The fraction of sp³-hybridized carbons (Fsp3) is 0.435. The number of hydrogen-bond acceptors (Lipinski definition) is 2. The summed E-state index contributed by atoms with van der Waals surface area (Å²) in [4.78, 5) is 16.7. The minimum Gasteiger partial charge on any atom is -0.364 e. The Kier molecular flexibility index (Phi) is 6.63.